The smallest absolute Gasteiger partial charge is 0.246 e. The maximum atomic E-state index is 11.9. The Balaban J connectivity index is 2.22. The molecule has 0 atom stereocenters. The molecule has 2 heterocycles. The second kappa shape index (κ2) is 5.75. The monoisotopic (exact) mass is 291 g/mol. The molecule has 0 bridgehead atoms. The van der Waals surface area contributed by atoms with Gasteiger partial charge in [0.1, 0.15) is 0 Å². The normalized spacial score (nSPS) is 18.4. The van der Waals surface area contributed by atoms with Gasteiger partial charge in [-0.3, -0.25) is 19.8 Å². The predicted molar refractivity (Wildman–Crippen MR) is 77.9 cm³/mol. The molecule has 20 heavy (non-hydrogen) atoms. The molecule has 0 aromatic carbocycles. The van der Waals surface area contributed by atoms with E-state index in [0.717, 1.165) is 10.4 Å². The SMILES string of the molecule is CC1(C)C(=O)NC(=O)CN1Cc1sccc1C#CCN. The molecule has 0 radical (unpaired) electrons. The minimum absolute atomic E-state index is 0.209. The van der Waals surface area contributed by atoms with Gasteiger partial charge in [0, 0.05) is 17.0 Å². The van der Waals surface area contributed by atoms with Crippen LogP contribution in [-0.4, -0.2) is 35.3 Å². The molecule has 106 valence electrons. The fourth-order valence-electron chi connectivity index (χ4n) is 1.98. The average Bonchev–Trinajstić information content (AvgIpc) is 2.81. The minimum Gasteiger partial charge on any atom is -0.320 e. The van der Waals surface area contributed by atoms with E-state index in [9.17, 15) is 9.59 Å². The van der Waals surface area contributed by atoms with Crippen LogP contribution in [0.3, 0.4) is 0 Å². The number of carbonyl (C=O) groups excluding carboxylic acids is 2. The van der Waals surface area contributed by atoms with Gasteiger partial charge in [0.2, 0.25) is 11.8 Å². The molecular weight excluding hydrogens is 274 g/mol. The van der Waals surface area contributed by atoms with Crippen LogP contribution in [0.25, 0.3) is 0 Å². The van der Waals surface area contributed by atoms with Crippen LogP contribution in [0, 0.1) is 11.8 Å². The van der Waals surface area contributed by atoms with E-state index >= 15 is 0 Å². The Hall–Kier alpha value is -1.68. The fourth-order valence-corrected chi connectivity index (χ4v) is 2.83. The molecule has 1 saturated heterocycles. The van der Waals surface area contributed by atoms with Crippen molar-refractivity contribution in [2.75, 3.05) is 13.1 Å². The molecule has 1 aromatic heterocycles. The van der Waals surface area contributed by atoms with Gasteiger partial charge in [-0.15, -0.1) is 11.3 Å². The maximum absolute atomic E-state index is 11.9. The van der Waals surface area contributed by atoms with Gasteiger partial charge >= 0.3 is 0 Å². The predicted octanol–water partition coefficient (Wildman–Crippen LogP) is 0.295. The summed E-state index contributed by atoms with van der Waals surface area (Å²) in [5.41, 5.74) is 5.58. The zero-order valence-corrected chi connectivity index (χ0v) is 12.3. The fraction of sp³-hybridized carbons (Fsp3) is 0.429. The zero-order chi connectivity index (χ0) is 14.8. The van der Waals surface area contributed by atoms with Gasteiger partial charge in [-0.25, -0.2) is 0 Å². The van der Waals surface area contributed by atoms with Crippen molar-refractivity contribution in [1.82, 2.24) is 10.2 Å². The van der Waals surface area contributed by atoms with Crippen molar-refractivity contribution < 1.29 is 9.59 Å². The van der Waals surface area contributed by atoms with Crippen LogP contribution < -0.4 is 11.1 Å². The van der Waals surface area contributed by atoms with Crippen molar-refractivity contribution in [2.45, 2.75) is 25.9 Å². The number of nitrogens with one attached hydrogen (secondary N) is 1. The zero-order valence-electron chi connectivity index (χ0n) is 11.5. The van der Waals surface area contributed by atoms with E-state index < -0.39 is 5.54 Å². The Morgan fingerprint density at radius 1 is 1.50 bits per heavy atom. The first-order chi connectivity index (χ1) is 9.45. The van der Waals surface area contributed by atoms with Crippen molar-refractivity contribution in [2.24, 2.45) is 5.73 Å². The Kier molecular flexibility index (Phi) is 4.23. The van der Waals surface area contributed by atoms with Crippen LogP contribution in [0.2, 0.25) is 0 Å². The Morgan fingerprint density at radius 3 is 2.95 bits per heavy atom. The van der Waals surface area contributed by atoms with Gasteiger partial charge in [0.25, 0.3) is 0 Å². The van der Waals surface area contributed by atoms with E-state index in [1.807, 2.05) is 30.2 Å². The molecule has 2 rings (SSSR count). The van der Waals surface area contributed by atoms with Gasteiger partial charge in [-0.05, 0) is 25.3 Å². The van der Waals surface area contributed by atoms with Gasteiger partial charge in [0.15, 0.2) is 0 Å². The summed E-state index contributed by atoms with van der Waals surface area (Å²) in [4.78, 5) is 26.4. The molecule has 0 unspecified atom stereocenters. The lowest BCUT2D eigenvalue weighted by atomic mass is 9.98. The molecule has 2 amide bonds. The molecule has 0 saturated carbocycles. The average molecular weight is 291 g/mol. The Bertz CT molecular complexity index is 595. The second-order valence-electron chi connectivity index (χ2n) is 5.06. The van der Waals surface area contributed by atoms with Crippen LogP contribution in [0.4, 0.5) is 0 Å². The molecule has 0 aliphatic carbocycles. The minimum atomic E-state index is -0.712. The highest BCUT2D eigenvalue weighted by atomic mass is 32.1. The van der Waals surface area contributed by atoms with Crippen LogP contribution in [0.15, 0.2) is 11.4 Å². The lowest BCUT2D eigenvalue weighted by molar-refractivity contribution is -0.145. The number of thiophene rings is 1. The molecule has 1 aliphatic heterocycles. The van der Waals surface area contributed by atoms with Crippen LogP contribution in [0.5, 0.6) is 0 Å². The highest BCUT2D eigenvalue weighted by Crippen LogP contribution is 2.25. The number of nitrogens with zero attached hydrogens (tertiary/aromatic N) is 1. The Labute approximate surface area is 122 Å². The molecule has 1 fully saturated rings. The summed E-state index contributed by atoms with van der Waals surface area (Å²) in [6.45, 7) is 4.67. The van der Waals surface area contributed by atoms with E-state index in [1.165, 1.54) is 0 Å². The van der Waals surface area contributed by atoms with Crippen molar-refractivity contribution in [3.05, 3.63) is 21.9 Å². The molecule has 1 aromatic rings. The first kappa shape index (κ1) is 14.7. The van der Waals surface area contributed by atoms with E-state index in [2.05, 4.69) is 17.2 Å². The molecule has 5 nitrogen and oxygen atoms in total. The number of hydrogen-bond acceptors (Lipinski definition) is 5. The molecule has 0 spiro atoms. The summed E-state index contributed by atoms with van der Waals surface area (Å²) < 4.78 is 0. The van der Waals surface area contributed by atoms with E-state index in [4.69, 9.17) is 5.73 Å². The summed E-state index contributed by atoms with van der Waals surface area (Å²) in [7, 11) is 0. The number of imide groups is 1. The summed E-state index contributed by atoms with van der Waals surface area (Å²) in [5.74, 6) is 5.31. The molecule has 6 heteroatoms. The topological polar surface area (TPSA) is 75.4 Å². The molecule has 3 N–H and O–H groups in total. The number of nitrogens with two attached hydrogens (primary N) is 1. The first-order valence-corrected chi connectivity index (χ1v) is 7.17. The lowest BCUT2D eigenvalue weighted by Crippen LogP contribution is -2.63. The molecule has 1 aliphatic rings. The van der Waals surface area contributed by atoms with Crippen molar-refractivity contribution in [3.8, 4) is 11.8 Å². The van der Waals surface area contributed by atoms with Gasteiger partial charge in [-0.1, -0.05) is 11.8 Å². The Morgan fingerprint density at radius 2 is 2.25 bits per heavy atom. The highest BCUT2D eigenvalue weighted by Gasteiger charge is 2.40. The molecular formula is C14H17N3O2S. The summed E-state index contributed by atoms with van der Waals surface area (Å²) in [6.07, 6.45) is 0. The maximum Gasteiger partial charge on any atom is 0.246 e. The second-order valence-corrected chi connectivity index (χ2v) is 6.06. The number of amides is 2. The van der Waals surface area contributed by atoms with E-state index in [1.54, 1.807) is 11.3 Å². The number of carbonyl (C=O) groups is 2. The third-order valence-electron chi connectivity index (χ3n) is 3.34. The summed E-state index contributed by atoms with van der Waals surface area (Å²) in [5, 5.41) is 4.32. The van der Waals surface area contributed by atoms with Gasteiger partial charge < -0.3 is 5.73 Å². The summed E-state index contributed by atoms with van der Waals surface area (Å²) in [6, 6.07) is 1.93. The third kappa shape index (κ3) is 2.90. The van der Waals surface area contributed by atoms with Crippen molar-refractivity contribution in [1.29, 1.82) is 0 Å². The highest BCUT2D eigenvalue weighted by molar-refractivity contribution is 7.10. The van der Waals surface area contributed by atoms with Crippen LogP contribution in [0.1, 0.15) is 24.3 Å². The van der Waals surface area contributed by atoms with Gasteiger partial charge in [0.05, 0.1) is 18.6 Å². The van der Waals surface area contributed by atoms with Crippen molar-refractivity contribution >= 4 is 23.2 Å². The summed E-state index contributed by atoms with van der Waals surface area (Å²) >= 11 is 1.57. The van der Waals surface area contributed by atoms with E-state index in [-0.39, 0.29) is 18.4 Å². The van der Waals surface area contributed by atoms with Crippen LogP contribution in [-0.2, 0) is 16.1 Å². The first-order valence-electron chi connectivity index (χ1n) is 6.30. The lowest BCUT2D eigenvalue weighted by Gasteiger charge is -2.39. The number of piperazine rings is 1. The van der Waals surface area contributed by atoms with Crippen molar-refractivity contribution in [3.63, 3.8) is 0 Å². The largest absolute Gasteiger partial charge is 0.320 e. The number of hydrogen-bond donors (Lipinski definition) is 2. The van der Waals surface area contributed by atoms with E-state index in [0.29, 0.717) is 13.1 Å². The standard InChI is InChI=1S/C14H17N3O2S/c1-14(2)13(19)16-12(18)9-17(14)8-11-10(4-3-6-15)5-7-20-11/h5,7H,6,8-9,15H2,1-2H3,(H,16,18,19). The number of rotatable bonds is 2. The quantitative estimate of drug-likeness (QED) is 0.607. The van der Waals surface area contributed by atoms with Gasteiger partial charge in [-0.2, -0.15) is 0 Å². The van der Waals surface area contributed by atoms with Crippen LogP contribution >= 0.6 is 11.3 Å². The third-order valence-corrected chi connectivity index (χ3v) is 4.24.